The Hall–Kier alpha value is -4.19. The maximum atomic E-state index is 12.9. The maximum Gasteiger partial charge on any atom is 0.257 e. The van der Waals surface area contributed by atoms with Crippen LogP contribution in [0.5, 0.6) is 0 Å². The Morgan fingerprint density at radius 1 is 0.833 bits per heavy atom. The van der Waals surface area contributed by atoms with E-state index in [1.807, 2.05) is 19.1 Å². The van der Waals surface area contributed by atoms with Gasteiger partial charge in [0, 0.05) is 28.0 Å². The summed E-state index contributed by atoms with van der Waals surface area (Å²) in [6.45, 7) is 1.88. The molecule has 0 aliphatic rings. The normalized spacial score (nSPS) is 10.6. The monoisotopic (exact) mass is 396 g/mol. The zero-order valence-electron chi connectivity index (χ0n) is 16.3. The smallest absolute Gasteiger partial charge is 0.257 e. The summed E-state index contributed by atoms with van der Waals surface area (Å²) in [6, 6.07) is 22.9. The number of carbonyl (C=O) groups is 2. The molecule has 4 N–H and O–H groups in total. The molecule has 6 heteroatoms. The van der Waals surface area contributed by atoms with Crippen LogP contribution in [0.15, 0.2) is 78.9 Å². The van der Waals surface area contributed by atoms with Crippen LogP contribution in [0, 0.1) is 6.92 Å². The van der Waals surface area contributed by atoms with Gasteiger partial charge in [-0.3, -0.25) is 14.6 Å². The Labute approximate surface area is 173 Å². The Morgan fingerprint density at radius 2 is 1.57 bits per heavy atom. The van der Waals surface area contributed by atoms with Crippen LogP contribution >= 0.6 is 0 Å². The van der Waals surface area contributed by atoms with Crippen molar-refractivity contribution in [3.05, 3.63) is 95.7 Å². The quantitative estimate of drug-likeness (QED) is 0.468. The lowest BCUT2D eigenvalue weighted by molar-refractivity contribution is 0.102. The maximum absolute atomic E-state index is 12.9. The van der Waals surface area contributed by atoms with Crippen molar-refractivity contribution < 1.29 is 9.59 Å². The van der Waals surface area contributed by atoms with Gasteiger partial charge in [0.15, 0.2) is 0 Å². The molecule has 0 saturated heterocycles. The van der Waals surface area contributed by atoms with E-state index in [4.69, 9.17) is 5.73 Å². The molecular weight excluding hydrogens is 376 g/mol. The molecule has 1 aromatic heterocycles. The number of pyridine rings is 1. The lowest BCUT2D eigenvalue weighted by Crippen LogP contribution is -2.18. The lowest BCUT2D eigenvalue weighted by Gasteiger charge is -2.12. The van der Waals surface area contributed by atoms with E-state index in [1.54, 1.807) is 66.7 Å². The van der Waals surface area contributed by atoms with Crippen molar-refractivity contribution in [2.45, 2.75) is 6.92 Å². The number of nitrogen functional groups attached to an aromatic ring is 1. The molecule has 0 bridgehead atoms. The summed E-state index contributed by atoms with van der Waals surface area (Å²) in [5, 5.41) is 6.45. The number of nitrogens with one attached hydrogen (secondary N) is 2. The number of benzene rings is 3. The molecular formula is C24H20N4O2. The van der Waals surface area contributed by atoms with E-state index in [0.717, 1.165) is 16.6 Å². The van der Waals surface area contributed by atoms with Crippen LogP contribution in [0.4, 0.5) is 17.1 Å². The molecule has 148 valence electrons. The fourth-order valence-electron chi connectivity index (χ4n) is 3.24. The number of hydrogen-bond donors (Lipinski definition) is 3. The molecule has 0 unspecified atom stereocenters. The number of fused-ring (bicyclic) bond motifs is 1. The number of carbonyl (C=O) groups excluding carboxylic acids is 2. The minimum absolute atomic E-state index is 0.282. The van der Waals surface area contributed by atoms with Crippen LogP contribution in [0.2, 0.25) is 0 Å². The van der Waals surface area contributed by atoms with Gasteiger partial charge in [-0.1, -0.05) is 30.3 Å². The molecule has 0 aliphatic heterocycles. The molecule has 0 atom stereocenters. The molecule has 6 nitrogen and oxygen atoms in total. The van der Waals surface area contributed by atoms with Crippen LogP contribution in [-0.4, -0.2) is 16.8 Å². The Bertz CT molecular complexity index is 1250. The van der Waals surface area contributed by atoms with Crippen molar-refractivity contribution in [2.75, 3.05) is 16.4 Å². The van der Waals surface area contributed by atoms with Crippen LogP contribution in [-0.2, 0) is 0 Å². The fraction of sp³-hybridized carbons (Fsp3) is 0.0417. The third kappa shape index (κ3) is 3.98. The second kappa shape index (κ2) is 8.05. The zero-order valence-corrected chi connectivity index (χ0v) is 16.3. The van der Waals surface area contributed by atoms with Gasteiger partial charge in [0.05, 0.1) is 16.8 Å². The molecule has 3 aromatic carbocycles. The highest BCUT2D eigenvalue weighted by Crippen LogP contribution is 2.25. The van der Waals surface area contributed by atoms with Crippen molar-refractivity contribution in [3.8, 4) is 0 Å². The van der Waals surface area contributed by atoms with Gasteiger partial charge in [-0.25, -0.2) is 0 Å². The SMILES string of the molecule is Cc1cc(N)c2cc(NC(=O)c3ccccc3NC(=O)c3ccccc3)ccc2n1. The first kappa shape index (κ1) is 19.1. The lowest BCUT2D eigenvalue weighted by atomic mass is 10.1. The third-order valence-corrected chi connectivity index (χ3v) is 4.68. The predicted octanol–water partition coefficient (Wildman–Crippen LogP) is 4.63. The van der Waals surface area contributed by atoms with E-state index in [2.05, 4.69) is 15.6 Å². The fourth-order valence-corrected chi connectivity index (χ4v) is 3.24. The molecule has 0 saturated carbocycles. The van der Waals surface area contributed by atoms with Crippen molar-refractivity contribution in [1.29, 1.82) is 0 Å². The van der Waals surface area contributed by atoms with E-state index in [1.165, 1.54) is 0 Å². The molecule has 0 fully saturated rings. The number of aryl methyl sites for hydroxylation is 1. The summed E-state index contributed by atoms with van der Waals surface area (Å²) in [5.74, 6) is -0.618. The summed E-state index contributed by atoms with van der Waals surface area (Å²) in [4.78, 5) is 29.9. The predicted molar refractivity (Wildman–Crippen MR) is 120 cm³/mol. The van der Waals surface area contributed by atoms with Crippen LogP contribution in [0.25, 0.3) is 10.9 Å². The summed E-state index contributed by atoms with van der Waals surface area (Å²) in [6.07, 6.45) is 0. The second-order valence-electron chi connectivity index (χ2n) is 6.90. The topological polar surface area (TPSA) is 97.1 Å². The minimum Gasteiger partial charge on any atom is -0.398 e. The largest absolute Gasteiger partial charge is 0.398 e. The summed E-state index contributed by atoms with van der Waals surface area (Å²) >= 11 is 0. The molecule has 4 aromatic rings. The van der Waals surface area contributed by atoms with Crippen molar-refractivity contribution in [2.24, 2.45) is 0 Å². The van der Waals surface area contributed by atoms with Crippen molar-refractivity contribution in [1.82, 2.24) is 4.98 Å². The van der Waals surface area contributed by atoms with Crippen molar-refractivity contribution >= 4 is 39.8 Å². The zero-order chi connectivity index (χ0) is 21.1. The number of rotatable bonds is 4. The summed E-state index contributed by atoms with van der Waals surface area (Å²) in [7, 11) is 0. The van der Waals surface area contributed by atoms with E-state index in [9.17, 15) is 9.59 Å². The first-order valence-corrected chi connectivity index (χ1v) is 9.45. The number of nitrogens with zero attached hydrogens (tertiary/aromatic N) is 1. The first-order chi connectivity index (χ1) is 14.5. The second-order valence-corrected chi connectivity index (χ2v) is 6.90. The standard InChI is InChI=1S/C24H20N4O2/c1-15-13-20(25)19-14-17(11-12-22(19)26-15)27-24(30)18-9-5-6-10-21(18)28-23(29)16-7-3-2-4-8-16/h2-14H,1H3,(H2,25,26)(H,27,30)(H,28,29). The van der Waals surface area contributed by atoms with Gasteiger partial charge in [-0.05, 0) is 55.5 Å². The average molecular weight is 396 g/mol. The highest BCUT2D eigenvalue weighted by molar-refractivity contribution is 6.13. The average Bonchev–Trinajstić information content (AvgIpc) is 2.75. The molecule has 1 heterocycles. The Balaban J connectivity index is 1.58. The summed E-state index contributed by atoms with van der Waals surface area (Å²) in [5.41, 5.74) is 10.2. The molecule has 2 amide bonds. The number of aromatic nitrogens is 1. The van der Waals surface area contributed by atoms with E-state index < -0.39 is 0 Å². The van der Waals surface area contributed by atoms with Crippen LogP contribution in [0.1, 0.15) is 26.4 Å². The van der Waals surface area contributed by atoms with E-state index in [0.29, 0.717) is 28.2 Å². The van der Waals surface area contributed by atoms with Gasteiger partial charge >= 0.3 is 0 Å². The number of hydrogen-bond acceptors (Lipinski definition) is 4. The summed E-state index contributed by atoms with van der Waals surface area (Å²) < 4.78 is 0. The van der Waals surface area contributed by atoms with Gasteiger partial charge in [0.1, 0.15) is 0 Å². The number of para-hydroxylation sites is 1. The van der Waals surface area contributed by atoms with Gasteiger partial charge in [-0.15, -0.1) is 0 Å². The number of anilines is 3. The third-order valence-electron chi connectivity index (χ3n) is 4.68. The van der Waals surface area contributed by atoms with Gasteiger partial charge in [0.25, 0.3) is 11.8 Å². The molecule has 4 rings (SSSR count). The minimum atomic E-state index is -0.336. The van der Waals surface area contributed by atoms with E-state index >= 15 is 0 Å². The number of nitrogens with two attached hydrogens (primary N) is 1. The Kier molecular flexibility index (Phi) is 5.13. The van der Waals surface area contributed by atoms with Crippen LogP contribution in [0.3, 0.4) is 0 Å². The van der Waals surface area contributed by atoms with Crippen LogP contribution < -0.4 is 16.4 Å². The highest BCUT2D eigenvalue weighted by Gasteiger charge is 2.15. The Morgan fingerprint density at radius 3 is 2.37 bits per heavy atom. The number of amides is 2. The van der Waals surface area contributed by atoms with Gasteiger partial charge in [-0.2, -0.15) is 0 Å². The van der Waals surface area contributed by atoms with Gasteiger partial charge < -0.3 is 16.4 Å². The first-order valence-electron chi connectivity index (χ1n) is 9.45. The molecule has 0 aliphatic carbocycles. The highest BCUT2D eigenvalue weighted by atomic mass is 16.2. The molecule has 30 heavy (non-hydrogen) atoms. The van der Waals surface area contributed by atoms with E-state index in [-0.39, 0.29) is 11.8 Å². The van der Waals surface area contributed by atoms with Gasteiger partial charge in [0.2, 0.25) is 0 Å². The molecule has 0 radical (unpaired) electrons. The van der Waals surface area contributed by atoms with Crippen molar-refractivity contribution in [3.63, 3.8) is 0 Å². The molecule has 0 spiro atoms.